The Morgan fingerprint density at radius 3 is 2.38 bits per heavy atom. The zero-order chi connectivity index (χ0) is 18.1. The normalized spacial score (nSPS) is 14.7. The Kier molecular flexibility index (Phi) is 4.51. The Labute approximate surface area is 158 Å². The van der Waals surface area contributed by atoms with Gasteiger partial charge in [-0.3, -0.25) is 4.79 Å². The van der Waals surface area contributed by atoms with Crippen LogP contribution in [0.4, 0.5) is 11.5 Å². The number of carbonyl (C=O) groups is 1. The van der Waals surface area contributed by atoms with Gasteiger partial charge in [-0.15, -0.1) is 0 Å². The van der Waals surface area contributed by atoms with Crippen molar-refractivity contribution in [2.24, 2.45) is 0 Å². The average molecular weight is 366 g/mol. The van der Waals surface area contributed by atoms with Crippen LogP contribution in [0.5, 0.6) is 0 Å². The Balaban J connectivity index is 1.64. The number of halogens is 1. The van der Waals surface area contributed by atoms with Gasteiger partial charge in [0.2, 0.25) is 0 Å². The molecule has 1 saturated heterocycles. The van der Waals surface area contributed by atoms with Crippen molar-refractivity contribution in [2.45, 2.75) is 6.92 Å². The van der Waals surface area contributed by atoms with E-state index in [2.05, 4.69) is 34.1 Å². The molecule has 132 valence electrons. The van der Waals surface area contributed by atoms with E-state index in [-0.39, 0.29) is 0 Å². The minimum absolute atomic E-state index is 0.618. The first kappa shape index (κ1) is 16.9. The van der Waals surface area contributed by atoms with Crippen LogP contribution < -0.4 is 9.80 Å². The van der Waals surface area contributed by atoms with Gasteiger partial charge in [0.15, 0.2) is 6.29 Å². The highest BCUT2D eigenvalue weighted by atomic mass is 35.5. The smallest absolute Gasteiger partial charge is 0.153 e. The summed E-state index contributed by atoms with van der Waals surface area (Å²) in [4.78, 5) is 21.1. The molecule has 1 aromatic heterocycles. The van der Waals surface area contributed by atoms with E-state index in [1.54, 1.807) is 0 Å². The second kappa shape index (κ2) is 6.96. The van der Waals surface area contributed by atoms with Crippen molar-refractivity contribution >= 4 is 40.3 Å². The quantitative estimate of drug-likeness (QED) is 0.647. The fourth-order valence-electron chi connectivity index (χ4n) is 3.58. The summed E-state index contributed by atoms with van der Waals surface area (Å²) >= 11 is 6.15. The summed E-state index contributed by atoms with van der Waals surface area (Å²) in [6.07, 6.45) is 0.890. The minimum atomic E-state index is 0.618. The molecule has 4 rings (SSSR count). The van der Waals surface area contributed by atoms with Crippen molar-refractivity contribution in [3.63, 3.8) is 0 Å². The Morgan fingerprint density at radius 2 is 1.69 bits per heavy atom. The molecule has 2 heterocycles. The number of carbonyl (C=O) groups excluding carboxylic acids is 1. The molecule has 5 heteroatoms. The van der Waals surface area contributed by atoms with Crippen LogP contribution in [0.15, 0.2) is 48.5 Å². The van der Waals surface area contributed by atoms with E-state index in [0.29, 0.717) is 10.6 Å². The number of piperazine rings is 1. The highest BCUT2D eigenvalue weighted by molar-refractivity contribution is 6.31. The van der Waals surface area contributed by atoms with Crippen LogP contribution in [0.3, 0.4) is 0 Å². The maximum absolute atomic E-state index is 11.7. The second-order valence-corrected chi connectivity index (χ2v) is 7.06. The number of anilines is 2. The van der Waals surface area contributed by atoms with Gasteiger partial charge in [-0.25, -0.2) is 4.98 Å². The van der Waals surface area contributed by atoms with Gasteiger partial charge in [0.05, 0.1) is 11.1 Å². The van der Waals surface area contributed by atoms with Gasteiger partial charge < -0.3 is 9.80 Å². The third kappa shape index (κ3) is 3.13. The summed E-state index contributed by atoms with van der Waals surface area (Å²) in [7, 11) is 0. The summed E-state index contributed by atoms with van der Waals surface area (Å²) in [5, 5.41) is 1.57. The number of benzene rings is 2. The molecule has 0 aliphatic carbocycles. The average Bonchev–Trinajstić information content (AvgIpc) is 2.68. The number of hydrogen-bond acceptors (Lipinski definition) is 4. The summed E-state index contributed by atoms with van der Waals surface area (Å²) < 4.78 is 0. The molecule has 0 amide bonds. The maximum atomic E-state index is 11.7. The lowest BCUT2D eigenvalue weighted by Crippen LogP contribution is -2.47. The molecular formula is C21H20ClN3O. The topological polar surface area (TPSA) is 36.4 Å². The van der Waals surface area contributed by atoms with Gasteiger partial charge in [-0.05, 0) is 42.8 Å². The number of pyridine rings is 1. The van der Waals surface area contributed by atoms with Crippen molar-refractivity contribution in [1.82, 2.24) is 4.98 Å². The summed E-state index contributed by atoms with van der Waals surface area (Å²) in [6, 6.07) is 16.1. The zero-order valence-corrected chi connectivity index (χ0v) is 15.4. The molecule has 0 spiro atoms. The molecule has 1 aliphatic heterocycles. The standard InChI is InChI=1S/C21H20ClN3O/c1-15-11-18(22)13-16-12-17(14-26)21(23-20(15)16)25-9-7-24(8-10-25)19-5-3-2-4-6-19/h2-6,11-14H,7-10H2,1H3. The first-order valence-corrected chi connectivity index (χ1v) is 9.14. The molecule has 1 aliphatic rings. The lowest BCUT2D eigenvalue weighted by Gasteiger charge is -2.37. The molecule has 26 heavy (non-hydrogen) atoms. The highest BCUT2D eigenvalue weighted by Gasteiger charge is 2.21. The third-order valence-corrected chi connectivity index (χ3v) is 5.13. The molecule has 0 saturated carbocycles. The van der Waals surface area contributed by atoms with Crippen LogP contribution in [0.2, 0.25) is 5.02 Å². The number of aromatic nitrogens is 1. The number of nitrogens with zero attached hydrogens (tertiary/aromatic N) is 3. The predicted molar refractivity (Wildman–Crippen MR) is 108 cm³/mol. The molecule has 2 aromatic carbocycles. The lowest BCUT2D eigenvalue weighted by atomic mass is 10.1. The lowest BCUT2D eigenvalue weighted by molar-refractivity contribution is 0.112. The molecule has 0 unspecified atom stereocenters. The second-order valence-electron chi connectivity index (χ2n) is 6.62. The number of fused-ring (bicyclic) bond motifs is 1. The summed E-state index contributed by atoms with van der Waals surface area (Å²) in [5.41, 5.74) is 3.78. The van der Waals surface area contributed by atoms with E-state index in [4.69, 9.17) is 16.6 Å². The molecule has 1 fully saturated rings. The van der Waals surface area contributed by atoms with Crippen LogP contribution >= 0.6 is 11.6 Å². The first-order chi connectivity index (χ1) is 12.7. The van der Waals surface area contributed by atoms with Crippen molar-refractivity contribution < 1.29 is 4.79 Å². The van der Waals surface area contributed by atoms with Crippen LogP contribution in [-0.4, -0.2) is 37.4 Å². The summed E-state index contributed by atoms with van der Waals surface area (Å²) in [6.45, 7) is 5.48. The van der Waals surface area contributed by atoms with Gasteiger partial charge in [-0.2, -0.15) is 0 Å². The fourth-order valence-corrected chi connectivity index (χ4v) is 3.86. The van der Waals surface area contributed by atoms with Crippen molar-refractivity contribution in [3.8, 4) is 0 Å². The van der Waals surface area contributed by atoms with Gasteiger partial charge in [0, 0.05) is 42.3 Å². The van der Waals surface area contributed by atoms with Crippen LogP contribution in [0.1, 0.15) is 15.9 Å². The maximum Gasteiger partial charge on any atom is 0.153 e. The Hall–Kier alpha value is -2.59. The number of aldehydes is 1. The molecule has 0 atom stereocenters. The molecule has 4 nitrogen and oxygen atoms in total. The first-order valence-electron chi connectivity index (χ1n) is 8.77. The van der Waals surface area contributed by atoms with E-state index in [0.717, 1.165) is 54.7 Å². The van der Waals surface area contributed by atoms with E-state index in [1.165, 1.54) is 5.69 Å². The van der Waals surface area contributed by atoms with Crippen molar-refractivity contribution in [3.05, 3.63) is 64.7 Å². The van der Waals surface area contributed by atoms with E-state index < -0.39 is 0 Å². The molecule has 0 bridgehead atoms. The van der Waals surface area contributed by atoms with Gasteiger partial charge in [-0.1, -0.05) is 29.8 Å². The van der Waals surface area contributed by atoms with Gasteiger partial charge >= 0.3 is 0 Å². The van der Waals surface area contributed by atoms with E-state index in [9.17, 15) is 4.79 Å². The highest BCUT2D eigenvalue weighted by Crippen LogP contribution is 2.28. The molecule has 0 N–H and O–H groups in total. The molecular weight excluding hydrogens is 346 g/mol. The predicted octanol–water partition coefficient (Wildman–Crippen LogP) is 4.34. The van der Waals surface area contributed by atoms with Crippen LogP contribution in [0, 0.1) is 6.92 Å². The number of hydrogen-bond donors (Lipinski definition) is 0. The fraction of sp³-hybridized carbons (Fsp3) is 0.238. The minimum Gasteiger partial charge on any atom is -0.368 e. The SMILES string of the molecule is Cc1cc(Cl)cc2cc(C=O)c(N3CCN(c4ccccc4)CC3)nc12. The Morgan fingerprint density at radius 1 is 1.00 bits per heavy atom. The summed E-state index contributed by atoms with van der Waals surface area (Å²) in [5.74, 6) is 0.769. The number of rotatable bonds is 3. The van der Waals surface area contributed by atoms with Gasteiger partial charge in [0.1, 0.15) is 5.82 Å². The zero-order valence-electron chi connectivity index (χ0n) is 14.7. The van der Waals surface area contributed by atoms with Crippen LogP contribution in [0.25, 0.3) is 10.9 Å². The number of aryl methyl sites for hydroxylation is 1. The molecule has 3 aromatic rings. The van der Waals surface area contributed by atoms with E-state index >= 15 is 0 Å². The van der Waals surface area contributed by atoms with E-state index in [1.807, 2.05) is 31.2 Å². The third-order valence-electron chi connectivity index (χ3n) is 4.91. The number of para-hydroxylation sites is 1. The Bertz CT molecular complexity index is 950. The van der Waals surface area contributed by atoms with Crippen molar-refractivity contribution in [2.75, 3.05) is 36.0 Å². The van der Waals surface area contributed by atoms with Crippen molar-refractivity contribution in [1.29, 1.82) is 0 Å². The monoisotopic (exact) mass is 365 g/mol. The largest absolute Gasteiger partial charge is 0.368 e. The van der Waals surface area contributed by atoms with Gasteiger partial charge in [0.25, 0.3) is 0 Å². The van der Waals surface area contributed by atoms with Crippen LogP contribution in [-0.2, 0) is 0 Å². The molecule has 0 radical (unpaired) electrons.